The SMILES string of the molecule is CCNc1ncnc(Sc2nc3ccccc3s2)c1CC. The van der Waals surface area contributed by atoms with Crippen molar-refractivity contribution in [3.05, 3.63) is 36.2 Å². The molecule has 0 unspecified atom stereocenters. The molecule has 1 aromatic carbocycles. The summed E-state index contributed by atoms with van der Waals surface area (Å²) in [5.74, 6) is 0.929. The highest BCUT2D eigenvalue weighted by molar-refractivity contribution is 8.01. The van der Waals surface area contributed by atoms with Crippen molar-refractivity contribution in [3.8, 4) is 0 Å². The van der Waals surface area contributed by atoms with E-state index in [1.54, 1.807) is 29.4 Å². The molecule has 2 aromatic heterocycles. The number of aromatic nitrogens is 3. The highest BCUT2D eigenvalue weighted by Gasteiger charge is 2.13. The van der Waals surface area contributed by atoms with Gasteiger partial charge in [-0.15, -0.1) is 11.3 Å². The van der Waals surface area contributed by atoms with E-state index in [-0.39, 0.29) is 0 Å². The summed E-state index contributed by atoms with van der Waals surface area (Å²) in [5, 5.41) is 4.29. The van der Waals surface area contributed by atoms with E-state index in [1.807, 2.05) is 18.2 Å². The van der Waals surface area contributed by atoms with Gasteiger partial charge in [-0.1, -0.05) is 19.1 Å². The average molecular weight is 316 g/mol. The summed E-state index contributed by atoms with van der Waals surface area (Å²) in [5.41, 5.74) is 2.20. The molecule has 2 heterocycles. The van der Waals surface area contributed by atoms with Crippen LogP contribution in [-0.4, -0.2) is 21.5 Å². The second kappa shape index (κ2) is 6.41. The van der Waals surface area contributed by atoms with Crippen LogP contribution in [0.5, 0.6) is 0 Å². The van der Waals surface area contributed by atoms with E-state index in [2.05, 4.69) is 40.2 Å². The number of fused-ring (bicyclic) bond motifs is 1. The van der Waals surface area contributed by atoms with Gasteiger partial charge in [0.1, 0.15) is 17.2 Å². The van der Waals surface area contributed by atoms with Crippen LogP contribution in [0, 0.1) is 0 Å². The monoisotopic (exact) mass is 316 g/mol. The normalized spacial score (nSPS) is 11.0. The lowest BCUT2D eigenvalue weighted by Gasteiger charge is -2.10. The fraction of sp³-hybridized carbons (Fsp3) is 0.267. The molecule has 0 saturated heterocycles. The first kappa shape index (κ1) is 14.3. The number of nitrogens with one attached hydrogen (secondary N) is 1. The molecule has 4 nitrogen and oxygen atoms in total. The Morgan fingerprint density at radius 1 is 1.19 bits per heavy atom. The third-order valence-corrected chi connectivity index (χ3v) is 5.20. The summed E-state index contributed by atoms with van der Waals surface area (Å²) in [4.78, 5) is 13.4. The van der Waals surface area contributed by atoms with Crippen molar-refractivity contribution in [3.63, 3.8) is 0 Å². The lowest BCUT2D eigenvalue weighted by Crippen LogP contribution is -2.05. The maximum absolute atomic E-state index is 4.66. The predicted octanol–water partition coefficient (Wildman–Crippen LogP) is 4.23. The molecule has 6 heteroatoms. The fourth-order valence-corrected chi connectivity index (χ4v) is 4.24. The molecule has 0 saturated carbocycles. The van der Waals surface area contributed by atoms with E-state index in [0.717, 1.165) is 39.2 Å². The Morgan fingerprint density at radius 3 is 2.81 bits per heavy atom. The minimum absolute atomic E-state index is 0.856. The van der Waals surface area contributed by atoms with E-state index in [9.17, 15) is 0 Å². The quantitative estimate of drug-likeness (QED) is 0.714. The highest BCUT2D eigenvalue weighted by atomic mass is 32.2. The van der Waals surface area contributed by atoms with Crippen LogP contribution in [-0.2, 0) is 6.42 Å². The minimum atomic E-state index is 0.856. The first-order chi connectivity index (χ1) is 10.3. The largest absolute Gasteiger partial charge is 0.370 e. The molecule has 0 spiro atoms. The zero-order valence-corrected chi connectivity index (χ0v) is 13.6. The summed E-state index contributed by atoms with van der Waals surface area (Å²) < 4.78 is 2.23. The molecule has 108 valence electrons. The molecule has 0 aliphatic rings. The Kier molecular flexibility index (Phi) is 4.36. The number of nitrogens with zero attached hydrogens (tertiary/aromatic N) is 3. The van der Waals surface area contributed by atoms with E-state index in [1.165, 1.54) is 4.70 Å². The van der Waals surface area contributed by atoms with Crippen LogP contribution in [0.4, 0.5) is 5.82 Å². The van der Waals surface area contributed by atoms with Crippen molar-refractivity contribution in [2.45, 2.75) is 29.6 Å². The highest BCUT2D eigenvalue weighted by Crippen LogP contribution is 2.36. The summed E-state index contributed by atoms with van der Waals surface area (Å²) in [6.45, 7) is 5.05. The maximum atomic E-state index is 4.66. The molecule has 0 aliphatic carbocycles. The fourth-order valence-electron chi connectivity index (χ4n) is 2.10. The topological polar surface area (TPSA) is 50.7 Å². The molecule has 0 aliphatic heterocycles. The molecule has 0 amide bonds. The molecule has 0 fully saturated rings. The zero-order valence-electron chi connectivity index (χ0n) is 12.0. The molecule has 0 radical (unpaired) electrons. The van der Waals surface area contributed by atoms with Crippen molar-refractivity contribution < 1.29 is 0 Å². The van der Waals surface area contributed by atoms with Gasteiger partial charge in [0.05, 0.1) is 10.2 Å². The Labute approximate surface area is 132 Å². The minimum Gasteiger partial charge on any atom is -0.370 e. The van der Waals surface area contributed by atoms with E-state index in [4.69, 9.17) is 0 Å². The van der Waals surface area contributed by atoms with Gasteiger partial charge in [0.25, 0.3) is 0 Å². The number of anilines is 1. The average Bonchev–Trinajstić information content (AvgIpc) is 2.90. The van der Waals surface area contributed by atoms with Gasteiger partial charge in [0.15, 0.2) is 4.34 Å². The van der Waals surface area contributed by atoms with E-state index in [0.29, 0.717) is 0 Å². The van der Waals surface area contributed by atoms with Gasteiger partial charge in [0.2, 0.25) is 0 Å². The van der Waals surface area contributed by atoms with Gasteiger partial charge < -0.3 is 5.32 Å². The van der Waals surface area contributed by atoms with Gasteiger partial charge >= 0.3 is 0 Å². The number of para-hydroxylation sites is 1. The van der Waals surface area contributed by atoms with Crippen molar-refractivity contribution in [2.24, 2.45) is 0 Å². The van der Waals surface area contributed by atoms with Crippen LogP contribution in [0.25, 0.3) is 10.2 Å². The molecule has 21 heavy (non-hydrogen) atoms. The second-order valence-corrected chi connectivity index (χ2v) is 6.71. The van der Waals surface area contributed by atoms with E-state index < -0.39 is 0 Å². The molecule has 3 aromatic rings. The molecule has 1 N–H and O–H groups in total. The summed E-state index contributed by atoms with van der Waals surface area (Å²) >= 11 is 3.32. The van der Waals surface area contributed by atoms with Crippen LogP contribution in [0.15, 0.2) is 40.0 Å². The van der Waals surface area contributed by atoms with Crippen molar-refractivity contribution >= 4 is 39.1 Å². The molecular weight excluding hydrogens is 300 g/mol. The maximum Gasteiger partial charge on any atom is 0.157 e. The number of benzene rings is 1. The number of hydrogen-bond acceptors (Lipinski definition) is 6. The van der Waals surface area contributed by atoms with Gasteiger partial charge in [-0.05, 0) is 37.2 Å². The van der Waals surface area contributed by atoms with Crippen LogP contribution in [0.2, 0.25) is 0 Å². The molecule has 3 rings (SSSR count). The van der Waals surface area contributed by atoms with Gasteiger partial charge in [-0.2, -0.15) is 0 Å². The first-order valence-corrected chi connectivity index (χ1v) is 8.56. The Balaban J connectivity index is 1.95. The molecule has 0 atom stereocenters. The van der Waals surface area contributed by atoms with Crippen LogP contribution in [0.1, 0.15) is 19.4 Å². The van der Waals surface area contributed by atoms with Crippen LogP contribution < -0.4 is 5.32 Å². The smallest absolute Gasteiger partial charge is 0.157 e. The summed E-state index contributed by atoms with van der Waals surface area (Å²) in [6.07, 6.45) is 2.52. The predicted molar refractivity (Wildman–Crippen MR) is 89.3 cm³/mol. The van der Waals surface area contributed by atoms with Crippen molar-refractivity contribution in [1.82, 2.24) is 15.0 Å². The summed E-state index contributed by atoms with van der Waals surface area (Å²) in [7, 11) is 0. The number of thiazole rings is 1. The Morgan fingerprint density at radius 2 is 2.05 bits per heavy atom. The Bertz CT molecular complexity index is 721. The first-order valence-electron chi connectivity index (χ1n) is 6.93. The van der Waals surface area contributed by atoms with Crippen molar-refractivity contribution in [2.75, 3.05) is 11.9 Å². The van der Waals surface area contributed by atoms with Gasteiger partial charge in [0, 0.05) is 12.1 Å². The molecule has 0 bridgehead atoms. The van der Waals surface area contributed by atoms with Gasteiger partial charge in [-0.3, -0.25) is 0 Å². The summed E-state index contributed by atoms with van der Waals surface area (Å²) in [6, 6.07) is 8.20. The van der Waals surface area contributed by atoms with E-state index >= 15 is 0 Å². The Hall–Kier alpha value is -1.66. The number of hydrogen-bond donors (Lipinski definition) is 1. The van der Waals surface area contributed by atoms with Crippen LogP contribution >= 0.6 is 23.1 Å². The molecular formula is C15H16N4S2. The third-order valence-electron chi connectivity index (χ3n) is 3.06. The van der Waals surface area contributed by atoms with Crippen LogP contribution in [0.3, 0.4) is 0 Å². The lowest BCUT2D eigenvalue weighted by atomic mass is 10.2. The zero-order chi connectivity index (χ0) is 14.7. The lowest BCUT2D eigenvalue weighted by molar-refractivity contribution is 0.937. The second-order valence-electron chi connectivity index (χ2n) is 4.44. The number of rotatable bonds is 5. The standard InChI is InChI=1S/C15H16N4S2/c1-3-10-13(16-4-2)17-9-18-14(10)21-15-19-11-7-5-6-8-12(11)20-15/h5-9H,3-4H2,1-2H3,(H,16,17,18). The van der Waals surface area contributed by atoms with Crippen molar-refractivity contribution in [1.29, 1.82) is 0 Å². The van der Waals surface area contributed by atoms with Gasteiger partial charge in [-0.25, -0.2) is 15.0 Å². The third kappa shape index (κ3) is 3.01.